The fraction of sp³-hybridized carbons (Fsp3) is 0.400. The van der Waals surface area contributed by atoms with Crippen LogP contribution in [-0.4, -0.2) is 44.8 Å². The van der Waals surface area contributed by atoms with Crippen LogP contribution < -0.4 is 4.72 Å². The van der Waals surface area contributed by atoms with E-state index in [0.29, 0.717) is 19.6 Å². The Bertz CT molecular complexity index is 617. The molecule has 0 bridgehead atoms. The number of sulfonamides is 1. The normalized spacial score (nSPS) is 18.0. The first-order valence-electron chi connectivity index (χ1n) is 6.78. The van der Waals surface area contributed by atoms with Crippen LogP contribution >= 0.6 is 0 Å². The molecule has 0 radical (unpaired) electrons. The van der Waals surface area contributed by atoms with E-state index in [1.807, 2.05) is 11.8 Å². The highest BCUT2D eigenvalue weighted by atomic mass is 32.2. The molecule has 0 aromatic heterocycles. The molecule has 1 aliphatic rings. The number of carbonyl (C=O) groups excluding carboxylic acids is 1. The fourth-order valence-corrected chi connectivity index (χ4v) is 3.97. The van der Waals surface area contributed by atoms with Crippen molar-refractivity contribution < 1.29 is 13.2 Å². The Morgan fingerprint density at radius 2 is 1.95 bits per heavy atom. The quantitative estimate of drug-likeness (QED) is 0.605. The summed E-state index contributed by atoms with van der Waals surface area (Å²) in [7, 11) is -3.62. The Morgan fingerprint density at radius 3 is 2.48 bits per heavy atom. The van der Waals surface area contributed by atoms with Gasteiger partial charge in [0.25, 0.3) is 0 Å². The van der Waals surface area contributed by atoms with Crippen LogP contribution in [0.1, 0.15) is 12.0 Å². The lowest BCUT2D eigenvalue weighted by atomic mass is 9.88. The van der Waals surface area contributed by atoms with Gasteiger partial charge in [-0.25, -0.2) is 13.1 Å². The third kappa shape index (κ3) is 3.58. The second-order valence-corrected chi connectivity index (χ2v) is 7.21. The summed E-state index contributed by atoms with van der Waals surface area (Å²) in [5.74, 6) is 0. The first kappa shape index (κ1) is 15.9. The van der Waals surface area contributed by atoms with Crippen LogP contribution in [0.3, 0.4) is 0 Å². The van der Waals surface area contributed by atoms with E-state index in [-0.39, 0.29) is 11.3 Å². The van der Waals surface area contributed by atoms with Gasteiger partial charge < -0.3 is 4.79 Å². The summed E-state index contributed by atoms with van der Waals surface area (Å²) in [6, 6.07) is 6.66. The Kier molecular flexibility index (Phi) is 4.61. The maximum Gasteiger partial charge on any atom is 0.241 e. The van der Waals surface area contributed by atoms with Crippen molar-refractivity contribution in [1.82, 2.24) is 9.62 Å². The van der Waals surface area contributed by atoms with Crippen molar-refractivity contribution in [2.24, 2.45) is 0 Å². The Labute approximate surface area is 125 Å². The van der Waals surface area contributed by atoms with Gasteiger partial charge in [-0.3, -0.25) is 4.90 Å². The van der Waals surface area contributed by atoms with Gasteiger partial charge in [-0.1, -0.05) is 23.8 Å². The molecule has 1 saturated heterocycles. The van der Waals surface area contributed by atoms with E-state index in [4.69, 9.17) is 0 Å². The molecule has 0 saturated carbocycles. The smallest absolute Gasteiger partial charge is 0.241 e. The lowest BCUT2D eigenvalue weighted by Gasteiger charge is -2.49. The maximum atomic E-state index is 12.4. The molecule has 1 aromatic carbocycles. The highest BCUT2D eigenvalue weighted by Crippen LogP contribution is 2.26. The summed E-state index contributed by atoms with van der Waals surface area (Å²) in [4.78, 5) is 13.1. The van der Waals surface area contributed by atoms with Crippen molar-refractivity contribution in [1.29, 1.82) is 0 Å². The molecule has 1 aliphatic heterocycles. The van der Waals surface area contributed by atoms with Gasteiger partial charge in [-0.05, 0) is 19.1 Å². The molecule has 0 amide bonds. The summed E-state index contributed by atoms with van der Waals surface area (Å²) in [6.45, 7) is 7.28. The average Bonchev–Trinajstić information content (AvgIpc) is 2.37. The van der Waals surface area contributed by atoms with Crippen LogP contribution in [0.4, 0.5) is 0 Å². The molecule has 114 valence electrons. The number of rotatable bonds is 7. The molecule has 1 fully saturated rings. The number of nitrogens with one attached hydrogen (secondary N) is 1. The van der Waals surface area contributed by atoms with E-state index in [1.165, 1.54) is 0 Å². The summed E-state index contributed by atoms with van der Waals surface area (Å²) in [5.41, 5.74) is 0.298. The molecule has 1 heterocycles. The number of hydrogen-bond acceptors (Lipinski definition) is 4. The molecule has 1 N–H and O–H groups in total. The van der Waals surface area contributed by atoms with Gasteiger partial charge in [0.05, 0.1) is 10.4 Å². The molecule has 0 unspecified atom stereocenters. The van der Waals surface area contributed by atoms with E-state index in [1.54, 1.807) is 30.3 Å². The zero-order valence-electron chi connectivity index (χ0n) is 12.1. The monoisotopic (exact) mass is 308 g/mol. The van der Waals surface area contributed by atoms with Crippen molar-refractivity contribution in [2.45, 2.75) is 23.8 Å². The number of likely N-dealkylation sites (tertiary alicyclic amines) is 1. The first-order chi connectivity index (χ1) is 9.91. The molecule has 0 aliphatic carbocycles. The molecule has 0 atom stereocenters. The number of aldehydes is 1. The molecular weight excluding hydrogens is 288 g/mol. The van der Waals surface area contributed by atoms with Crippen LogP contribution in [0, 0.1) is 6.92 Å². The zero-order chi connectivity index (χ0) is 15.5. The minimum absolute atomic E-state index is 0.172. The van der Waals surface area contributed by atoms with Crippen molar-refractivity contribution in [3.63, 3.8) is 0 Å². The van der Waals surface area contributed by atoms with Crippen molar-refractivity contribution >= 4 is 16.3 Å². The van der Waals surface area contributed by atoms with Crippen LogP contribution in [-0.2, 0) is 14.8 Å². The summed E-state index contributed by atoms with van der Waals surface area (Å²) in [6.07, 6.45) is 2.70. The number of benzene rings is 1. The van der Waals surface area contributed by atoms with E-state index in [9.17, 15) is 13.2 Å². The molecule has 5 nitrogen and oxygen atoms in total. The predicted octanol–water partition coefficient (Wildman–Crippen LogP) is 1.10. The van der Waals surface area contributed by atoms with Crippen molar-refractivity contribution in [2.75, 3.05) is 19.6 Å². The molecular formula is C15H20N2O3S. The molecule has 1 aromatic rings. The van der Waals surface area contributed by atoms with Gasteiger partial charge in [-0.2, -0.15) is 0 Å². The Balaban J connectivity index is 2.15. The highest BCUT2D eigenvalue weighted by Gasteiger charge is 2.45. The van der Waals surface area contributed by atoms with E-state index in [0.717, 1.165) is 11.8 Å². The number of nitrogens with zero attached hydrogens (tertiary/aromatic N) is 1. The van der Waals surface area contributed by atoms with Gasteiger partial charge >= 0.3 is 0 Å². The predicted molar refractivity (Wildman–Crippen MR) is 81.5 cm³/mol. The van der Waals surface area contributed by atoms with Gasteiger partial charge in [-0.15, -0.1) is 6.58 Å². The molecule has 0 spiro atoms. The standard InChI is InChI=1S/C15H20N2O3S/c1-3-9-17-11-15(12-17,8-10-18)16-21(19,20)14-6-4-13(2)5-7-14/h3-7,10,16H,1,8-9,11-12H2,2H3. The zero-order valence-corrected chi connectivity index (χ0v) is 12.9. The minimum atomic E-state index is -3.62. The third-order valence-corrected chi connectivity index (χ3v) is 5.19. The Hall–Kier alpha value is -1.50. The van der Waals surface area contributed by atoms with E-state index in [2.05, 4.69) is 11.3 Å². The highest BCUT2D eigenvalue weighted by molar-refractivity contribution is 7.89. The fourth-order valence-electron chi connectivity index (χ4n) is 2.58. The van der Waals surface area contributed by atoms with E-state index < -0.39 is 15.6 Å². The van der Waals surface area contributed by atoms with Crippen LogP contribution in [0.25, 0.3) is 0 Å². The number of carbonyl (C=O) groups is 1. The summed E-state index contributed by atoms with van der Waals surface area (Å²) < 4.78 is 27.5. The van der Waals surface area contributed by atoms with E-state index >= 15 is 0 Å². The third-order valence-electron chi connectivity index (χ3n) is 3.60. The number of hydrogen-bond donors (Lipinski definition) is 1. The minimum Gasteiger partial charge on any atom is -0.303 e. The SMILES string of the molecule is C=CCN1CC(CC=O)(NS(=O)(=O)c2ccc(C)cc2)C1. The number of aryl methyl sites for hydroxylation is 1. The van der Waals surface area contributed by atoms with Gasteiger partial charge in [0.15, 0.2) is 0 Å². The van der Waals surface area contributed by atoms with Crippen LogP contribution in [0.5, 0.6) is 0 Å². The van der Waals surface area contributed by atoms with Crippen molar-refractivity contribution in [3.8, 4) is 0 Å². The van der Waals surface area contributed by atoms with Gasteiger partial charge in [0.1, 0.15) is 6.29 Å². The average molecular weight is 308 g/mol. The lowest BCUT2D eigenvalue weighted by Crippen LogP contribution is -2.70. The lowest BCUT2D eigenvalue weighted by molar-refractivity contribution is -0.110. The van der Waals surface area contributed by atoms with Crippen LogP contribution in [0.15, 0.2) is 41.8 Å². The topological polar surface area (TPSA) is 66.5 Å². The second-order valence-electron chi connectivity index (χ2n) is 5.53. The molecule has 2 rings (SSSR count). The molecule has 6 heteroatoms. The molecule has 21 heavy (non-hydrogen) atoms. The van der Waals surface area contributed by atoms with Gasteiger partial charge in [0.2, 0.25) is 10.0 Å². The first-order valence-corrected chi connectivity index (χ1v) is 8.27. The maximum absolute atomic E-state index is 12.4. The largest absolute Gasteiger partial charge is 0.303 e. The summed E-state index contributed by atoms with van der Waals surface area (Å²) in [5, 5.41) is 0. The summed E-state index contributed by atoms with van der Waals surface area (Å²) >= 11 is 0. The van der Waals surface area contributed by atoms with Crippen molar-refractivity contribution in [3.05, 3.63) is 42.5 Å². The van der Waals surface area contributed by atoms with Crippen LogP contribution in [0.2, 0.25) is 0 Å². The second kappa shape index (κ2) is 6.09. The Morgan fingerprint density at radius 1 is 1.33 bits per heavy atom. The van der Waals surface area contributed by atoms with Gasteiger partial charge in [0, 0.05) is 26.1 Å².